The molecule has 0 saturated heterocycles. The summed E-state index contributed by atoms with van der Waals surface area (Å²) in [5, 5.41) is 16.5. The van der Waals surface area contributed by atoms with Crippen molar-refractivity contribution in [1.29, 1.82) is 0 Å². The molecule has 0 radical (unpaired) electrons. The highest BCUT2D eigenvalue weighted by Crippen LogP contribution is 2.31. The lowest BCUT2D eigenvalue weighted by atomic mass is 10.1. The summed E-state index contributed by atoms with van der Waals surface area (Å²) in [5.41, 5.74) is 0.577. The third-order valence-electron chi connectivity index (χ3n) is 3.51. The second-order valence-corrected chi connectivity index (χ2v) is 7.36. The van der Waals surface area contributed by atoms with Gasteiger partial charge in [0.15, 0.2) is 11.5 Å². The normalized spacial score (nSPS) is 11.6. The highest BCUT2D eigenvalue weighted by molar-refractivity contribution is 7.98. The maximum atomic E-state index is 5.34. The molecule has 0 aliphatic heterocycles. The van der Waals surface area contributed by atoms with E-state index in [2.05, 4.69) is 25.7 Å². The number of ether oxygens (including phenoxy) is 2. The van der Waals surface area contributed by atoms with Crippen LogP contribution in [0.2, 0.25) is 0 Å². The number of thioether (sulfide) groups is 1. The smallest absolute Gasteiger partial charge is 0.237 e. The molecule has 0 bridgehead atoms. The van der Waals surface area contributed by atoms with Gasteiger partial charge >= 0.3 is 0 Å². The van der Waals surface area contributed by atoms with Gasteiger partial charge in [0.05, 0.1) is 25.5 Å². The summed E-state index contributed by atoms with van der Waals surface area (Å²) in [6.07, 6.45) is 0. The minimum Gasteiger partial charge on any atom is -0.493 e. The van der Waals surface area contributed by atoms with Gasteiger partial charge in [-0.2, -0.15) is 4.98 Å². The summed E-state index contributed by atoms with van der Waals surface area (Å²) >= 11 is 1.44. The molecule has 0 aliphatic rings. The summed E-state index contributed by atoms with van der Waals surface area (Å²) in [6, 6.07) is 5.46. The minimum absolute atomic E-state index is 0.203. The van der Waals surface area contributed by atoms with Crippen molar-refractivity contribution < 1.29 is 14.0 Å². The quantitative estimate of drug-likeness (QED) is 0.601. The zero-order chi connectivity index (χ0) is 18.7. The molecule has 2 aromatic heterocycles. The van der Waals surface area contributed by atoms with Gasteiger partial charge in [-0.3, -0.25) is 0 Å². The lowest BCUT2D eigenvalue weighted by molar-refractivity contribution is 0.321. The topological polar surface area (TPSA) is 101 Å². The zero-order valence-electron chi connectivity index (χ0n) is 15.3. The Hall–Kier alpha value is -2.62. The van der Waals surface area contributed by atoms with Gasteiger partial charge in [-0.15, -0.1) is 5.10 Å². The minimum atomic E-state index is -0.203. The van der Waals surface area contributed by atoms with Crippen LogP contribution in [-0.4, -0.2) is 44.6 Å². The maximum absolute atomic E-state index is 5.34. The lowest BCUT2D eigenvalue weighted by Gasteiger charge is -2.19. The molecule has 0 atom stereocenters. The Bertz CT molecular complexity index is 886. The van der Waals surface area contributed by atoms with E-state index in [1.165, 1.54) is 11.8 Å². The van der Waals surface area contributed by atoms with Gasteiger partial charge in [-0.1, -0.05) is 16.9 Å². The first-order chi connectivity index (χ1) is 12.4. The average Bonchev–Trinajstić information content (AvgIpc) is 3.28. The van der Waals surface area contributed by atoms with E-state index in [1.807, 2.05) is 26.8 Å². The third-order valence-corrected chi connectivity index (χ3v) is 4.41. The van der Waals surface area contributed by atoms with Crippen molar-refractivity contribution in [2.24, 2.45) is 0 Å². The van der Waals surface area contributed by atoms with E-state index in [1.54, 1.807) is 31.0 Å². The molecule has 9 nitrogen and oxygen atoms in total. The number of rotatable bonds is 6. The Morgan fingerprint density at radius 1 is 1.15 bits per heavy atom. The van der Waals surface area contributed by atoms with Crippen LogP contribution >= 0.6 is 11.8 Å². The summed E-state index contributed by atoms with van der Waals surface area (Å²) in [7, 11) is 3.17. The molecule has 26 heavy (non-hydrogen) atoms. The number of hydrogen-bond acceptors (Lipinski definition) is 9. The van der Waals surface area contributed by atoms with E-state index in [0.717, 1.165) is 5.56 Å². The number of hydrogen-bond donors (Lipinski definition) is 0. The number of nitrogens with zero attached hydrogens (tertiary/aromatic N) is 6. The third kappa shape index (κ3) is 3.79. The summed E-state index contributed by atoms with van der Waals surface area (Å²) in [6.45, 7) is 6.11. The second-order valence-electron chi connectivity index (χ2n) is 6.41. The predicted octanol–water partition coefficient (Wildman–Crippen LogP) is 2.79. The summed E-state index contributed by atoms with van der Waals surface area (Å²) in [5.74, 6) is 2.69. The molecule has 0 fully saturated rings. The van der Waals surface area contributed by atoms with E-state index in [0.29, 0.717) is 34.1 Å². The Morgan fingerprint density at radius 2 is 1.92 bits per heavy atom. The molecule has 0 spiro atoms. The van der Waals surface area contributed by atoms with Crippen LogP contribution in [0.3, 0.4) is 0 Å². The zero-order valence-corrected chi connectivity index (χ0v) is 16.1. The predicted molar refractivity (Wildman–Crippen MR) is 95.2 cm³/mol. The van der Waals surface area contributed by atoms with Gasteiger partial charge in [0.2, 0.25) is 16.9 Å². The van der Waals surface area contributed by atoms with E-state index in [9.17, 15) is 0 Å². The maximum Gasteiger partial charge on any atom is 0.237 e. The van der Waals surface area contributed by atoms with Crippen LogP contribution in [0, 0.1) is 0 Å². The molecular weight excluding hydrogens is 356 g/mol. The van der Waals surface area contributed by atoms with Crippen molar-refractivity contribution in [2.75, 3.05) is 14.2 Å². The molecule has 0 saturated carbocycles. The molecule has 1 aromatic carbocycles. The van der Waals surface area contributed by atoms with Crippen LogP contribution in [0.1, 0.15) is 26.7 Å². The average molecular weight is 376 g/mol. The first-order valence-electron chi connectivity index (χ1n) is 7.89. The highest BCUT2D eigenvalue weighted by atomic mass is 32.2. The fraction of sp³-hybridized carbons (Fsp3) is 0.438. The van der Waals surface area contributed by atoms with Gasteiger partial charge < -0.3 is 14.0 Å². The molecule has 3 rings (SSSR count). The van der Waals surface area contributed by atoms with Crippen LogP contribution in [-0.2, 0) is 11.3 Å². The summed E-state index contributed by atoms with van der Waals surface area (Å²) < 4.78 is 17.7. The molecule has 138 valence electrons. The molecular formula is C16H20N6O3S. The second kappa shape index (κ2) is 7.32. The number of aromatic nitrogens is 6. The van der Waals surface area contributed by atoms with Crippen molar-refractivity contribution in [3.63, 3.8) is 0 Å². The standard InChI is InChI=1S/C16H20N6O3S/c1-16(2,3)22-15(18-20-21-22)26-9-13-17-14(19-25-13)10-6-7-11(23-4)12(8-10)24-5/h6-8H,9H2,1-5H3. The number of tetrazole rings is 1. The highest BCUT2D eigenvalue weighted by Gasteiger charge is 2.21. The van der Waals surface area contributed by atoms with Gasteiger partial charge in [-0.25, -0.2) is 4.68 Å². The van der Waals surface area contributed by atoms with Crippen LogP contribution in [0.15, 0.2) is 27.9 Å². The van der Waals surface area contributed by atoms with E-state index < -0.39 is 0 Å². The van der Waals surface area contributed by atoms with Crippen molar-refractivity contribution in [3.8, 4) is 22.9 Å². The first kappa shape index (κ1) is 18.2. The monoisotopic (exact) mass is 376 g/mol. The van der Waals surface area contributed by atoms with E-state index in [4.69, 9.17) is 14.0 Å². The van der Waals surface area contributed by atoms with E-state index in [-0.39, 0.29) is 5.54 Å². The van der Waals surface area contributed by atoms with Crippen molar-refractivity contribution in [2.45, 2.75) is 37.2 Å². The fourth-order valence-electron chi connectivity index (χ4n) is 2.22. The number of benzene rings is 1. The molecule has 0 amide bonds. The Morgan fingerprint density at radius 3 is 2.62 bits per heavy atom. The van der Waals surface area contributed by atoms with Gasteiger partial charge in [0, 0.05) is 5.56 Å². The van der Waals surface area contributed by atoms with Crippen LogP contribution in [0.4, 0.5) is 0 Å². The molecule has 0 unspecified atom stereocenters. The van der Waals surface area contributed by atoms with Gasteiger partial charge in [0.1, 0.15) is 0 Å². The molecule has 10 heteroatoms. The van der Waals surface area contributed by atoms with Gasteiger partial charge in [0.25, 0.3) is 0 Å². The van der Waals surface area contributed by atoms with Gasteiger partial charge in [-0.05, 0) is 49.4 Å². The SMILES string of the molecule is COc1ccc(-c2noc(CSc3nnnn3C(C)(C)C)n2)cc1OC. The van der Waals surface area contributed by atoms with Crippen molar-refractivity contribution in [1.82, 2.24) is 30.3 Å². The lowest BCUT2D eigenvalue weighted by Crippen LogP contribution is -2.24. The van der Waals surface area contributed by atoms with E-state index >= 15 is 0 Å². The first-order valence-corrected chi connectivity index (χ1v) is 8.87. The van der Waals surface area contributed by atoms with Crippen LogP contribution in [0.25, 0.3) is 11.4 Å². The summed E-state index contributed by atoms with van der Waals surface area (Å²) in [4.78, 5) is 4.43. The van der Waals surface area contributed by atoms with Crippen molar-refractivity contribution >= 4 is 11.8 Å². The largest absolute Gasteiger partial charge is 0.493 e. The van der Waals surface area contributed by atoms with Crippen LogP contribution in [0.5, 0.6) is 11.5 Å². The Balaban J connectivity index is 1.74. The number of methoxy groups -OCH3 is 2. The Kier molecular flexibility index (Phi) is 5.12. The van der Waals surface area contributed by atoms with Crippen molar-refractivity contribution in [3.05, 3.63) is 24.1 Å². The fourth-order valence-corrected chi connectivity index (χ4v) is 3.12. The molecule has 0 aliphatic carbocycles. The Labute approximate surface area is 155 Å². The van der Waals surface area contributed by atoms with Crippen LogP contribution < -0.4 is 9.47 Å². The molecule has 3 aromatic rings. The molecule has 2 heterocycles. The molecule has 0 N–H and O–H groups in total.